The van der Waals surface area contributed by atoms with Crippen molar-refractivity contribution in [3.63, 3.8) is 0 Å². The Hall–Kier alpha value is -1.69. The van der Waals surface area contributed by atoms with Gasteiger partial charge in [0.15, 0.2) is 0 Å². The molecule has 6 heteroatoms. The third-order valence-electron chi connectivity index (χ3n) is 3.01. The molecule has 1 heterocycles. The summed E-state index contributed by atoms with van der Waals surface area (Å²) in [6.07, 6.45) is 0.0648. The zero-order valence-corrected chi connectivity index (χ0v) is 11.8. The van der Waals surface area contributed by atoms with Gasteiger partial charge in [-0.15, -0.1) is 0 Å². The molecular formula is C13H21N3O3. The predicted molar refractivity (Wildman–Crippen MR) is 72.0 cm³/mol. The van der Waals surface area contributed by atoms with Crippen LogP contribution in [0.25, 0.3) is 0 Å². The third kappa shape index (κ3) is 3.89. The summed E-state index contributed by atoms with van der Waals surface area (Å²) in [5.74, 6) is -0.407. The average molecular weight is 267 g/mol. The largest absolute Gasteiger partial charge is 0.391 e. The first-order valence-electron chi connectivity index (χ1n) is 6.36. The van der Waals surface area contributed by atoms with Gasteiger partial charge in [-0.1, -0.05) is 6.92 Å². The van der Waals surface area contributed by atoms with Gasteiger partial charge in [-0.25, -0.2) is 4.68 Å². The van der Waals surface area contributed by atoms with Crippen LogP contribution in [-0.2, 0) is 6.54 Å². The van der Waals surface area contributed by atoms with Crippen LogP contribution in [0.3, 0.4) is 0 Å². The van der Waals surface area contributed by atoms with Crippen molar-refractivity contribution in [2.45, 2.75) is 52.3 Å². The Morgan fingerprint density at radius 1 is 1.53 bits per heavy atom. The van der Waals surface area contributed by atoms with Crippen molar-refractivity contribution in [1.29, 1.82) is 0 Å². The molecule has 0 spiro atoms. The van der Waals surface area contributed by atoms with Gasteiger partial charge in [0, 0.05) is 12.6 Å². The van der Waals surface area contributed by atoms with Gasteiger partial charge in [0.2, 0.25) is 0 Å². The summed E-state index contributed by atoms with van der Waals surface area (Å²) in [7, 11) is 0. The van der Waals surface area contributed by atoms with Gasteiger partial charge < -0.3 is 10.4 Å². The molecule has 1 aromatic rings. The molecule has 0 saturated carbocycles. The molecule has 0 aromatic carbocycles. The van der Waals surface area contributed by atoms with E-state index >= 15 is 0 Å². The van der Waals surface area contributed by atoms with Gasteiger partial charge >= 0.3 is 0 Å². The average Bonchev–Trinajstić information content (AvgIpc) is 2.31. The minimum Gasteiger partial charge on any atom is -0.391 e. The molecule has 0 aliphatic rings. The number of aliphatic hydroxyl groups is 1. The van der Waals surface area contributed by atoms with Crippen molar-refractivity contribution >= 4 is 5.91 Å². The number of carbonyl (C=O) groups is 1. The van der Waals surface area contributed by atoms with Crippen LogP contribution in [0.4, 0.5) is 0 Å². The number of hydrogen-bond donors (Lipinski definition) is 2. The summed E-state index contributed by atoms with van der Waals surface area (Å²) in [4.78, 5) is 23.5. The third-order valence-corrected chi connectivity index (χ3v) is 3.01. The molecule has 0 fully saturated rings. The second-order valence-corrected chi connectivity index (χ2v) is 5.13. The normalized spacial score (nSPS) is 13.1. The van der Waals surface area contributed by atoms with Crippen molar-refractivity contribution in [3.05, 3.63) is 28.2 Å². The molecule has 0 radical (unpaired) electrons. The zero-order valence-electron chi connectivity index (χ0n) is 11.8. The number of hydrogen-bond acceptors (Lipinski definition) is 4. The number of aryl methyl sites for hydroxylation is 1. The zero-order chi connectivity index (χ0) is 14.6. The quantitative estimate of drug-likeness (QED) is 0.815. The smallest absolute Gasteiger partial charge is 0.272 e. The van der Waals surface area contributed by atoms with Crippen LogP contribution in [-0.4, -0.2) is 32.4 Å². The van der Waals surface area contributed by atoms with E-state index in [-0.39, 0.29) is 11.3 Å². The maximum atomic E-state index is 12.0. The molecule has 1 rings (SSSR count). The summed E-state index contributed by atoms with van der Waals surface area (Å²) in [6, 6.07) is 2.72. The minimum absolute atomic E-state index is 0.168. The second-order valence-electron chi connectivity index (χ2n) is 5.13. The summed E-state index contributed by atoms with van der Waals surface area (Å²) < 4.78 is 1.27. The lowest BCUT2D eigenvalue weighted by Gasteiger charge is -2.29. The number of nitrogens with one attached hydrogen (secondary N) is 1. The Kier molecular flexibility index (Phi) is 4.83. The lowest BCUT2D eigenvalue weighted by atomic mass is 9.98. The number of amides is 1. The SMILES string of the molecule is CCCn1nc(C(=O)NC(C)(C)C(C)O)ccc1=O. The fourth-order valence-electron chi connectivity index (χ4n) is 1.40. The Morgan fingerprint density at radius 3 is 2.68 bits per heavy atom. The maximum Gasteiger partial charge on any atom is 0.272 e. The van der Waals surface area contributed by atoms with Gasteiger partial charge in [-0.05, 0) is 33.3 Å². The van der Waals surface area contributed by atoms with Crippen LogP contribution in [0.1, 0.15) is 44.6 Å². The van der Waals surface area contributed by atoms with Gasteiger partial charge in [-0.3, -0.25) is 9.59 Å². The molecular weight excluding hydrogens is 246 g/mol. The van der Waals surface area contributed by atoms with E-state index in [1.54, 1.807) is 20.8 Å². The van der Waals surface area contributed by atoms with E-state index in [1.807, 2.05) is 6.92 Å². The number of rotatable bonds is 5. The number of aliphatic hydroxyl groups excluding tert-OH is 1. The van der Waals surface area contributed by atoms with Gasteiger partial charge in [0.25, 0.3) is 11.5 Å². The Labute approximate surface area is 112 Å². The molecule has 106 valence electrons. The van der Waals surface area contributed by atoms with Crippen LogP contribution in [0, 0.1) is 0 Å². The first kappa shape index (κ1) is 15.4. The van der Waals surface area contributed by atoms with Crippen molar-refractivity contribution in [2.75, 3.05) is 0 Å². The highest BCUT2D eigenvalue weighted by Gasteiger charge is 2.27. The second kappa shape index (κ2) is 5.97. The fourth-order valence-corrected chi connectivity index (χ4v) is 1.40. The number of nitrogens with zero attached hydrogens (tertiary/aromatic N) is 2. The topological polar surface area (TPSA) is 84.2 Å². The lowest BCUT2D eigenvalue weighted by molar-refractivity contribution is 0.0703. The van der Waals surface area contributed by atoms with E-state index in [0.717, 1.165) is 6.42 Å². The van der Waals surface area contributed by atoms with Crippen LogP contribution < -0.4 is 10.9 Å². The molecule has 0 aliphatic heterocycles. The molecule has 0 saturated heterocycles. The van der Waals surface area contributed by atoms with Crippen molar-refractivity contribution in [1.82, 2.24) is 15.1 Å². The molecule has 0 bridgehead atoms. The van der Waals surface area contributed by atoms with E-state index in [4.69, 9.17) is 0 Å². The highest BCUT2D eigenvalue weighted by molar-refractivity contribution is 5.92. The van der Waals surface area contributed by atoms with E-state index < -0.39 is 17.6 Å². The molecule has 1 atom stereocenters. The van der Waals surface area contributed by atoms with Crippen molar-refractivity contribution in [2.24, 2.45) is 0 Å². The van der Waals surface area contributed by atoms with E-state index in [2.05, 4.69) is 10.4 Å². The number of aromatic nitrogens is 2. The van der Waals surface area contributed by atoms with Crippen molar-refractivity contribution in [3.8, 4) is 0 Å². The molecule has 1 amide bonds. The lowest BCUT2D eigenvalue weighted by Crippen LogP contribution is -2.51. The first-order valence-corrected chi connectivity index (χ1v) is 6.36. The van der Waals surface area contributed by atoms with Crippen LogP contribution in [0.2, 0.25) is 0 Å². The summed E-state index contributed by atoms with van der Waals surface area (Å²) in [5.41, 5.74) is -0.820. The molecule has 1 unspecified atom stereocenters. The van der Waals surface area contributed by atoms with E-state index in [9.17, 15) is 14.7 Å². The Morgan fingerprint density at radius 2 is 2.16 bits per heavy atom. The van der Waals surface area contributed by atoms with Crippen LogP contribution in [0.15, 0.2) is 16.9 Å². The fraction of sp³-hybridized carbons (Fsp3) is 0.615. The summed E-state index contributed by atoms with van der Waals surface area (Å²) >= 11 is 0. The van der Waals surface area contributed by atoms with Crippen LogP contribution >= 0.6 is 0 Å². The molecule has 0 aliphatic carbocycles. The molecule has 6 nitrogen and oxygen atoms in total. The first-order chi connectivity index (χ1) is 8.77. The maximum absolute atomic E-state index is 12.0. The predicted octanol–water partition coefficient (Wildman–Crippen LogP) is 0.542. The number of carbonyl (C=O) groups excluding carboxylic acids is 1. The Bertz CT molecular complexity index is 506. The molecule has 19 heavy (non-hydrogen) atoms. The van der Waals surface area contributed by atoms with Crippen molar-refractivity contribution < 1.29 is 9.90 Å². The van der Waals surface area contributed by atoms with Gasteiger partial charge in [0.05, 0.1) is 11.6 Å². The van der Waals surface area contributed by atoms with E-state index in [0.29, 0.717) is 6.54 Å². The summed E-state index contributed by atoms with van der Waals surface area (Å²) in [5, 5.41) is 16.3. The standard InChI is InChI=1S/C13H21N3O3/c1-5-8-16-11(18)7-6-10(15-16)12(19)14-13(3,4)9(2)17/h6-7,9,17H,5,8H2,1-4H3,(H,14,19). The van der Waals surface area contributed by atoms with Gasteiger partial charge in [-0.2, -0.15) is 5.10 Å². The highest BCUT2D eigenvalue weighted by Crippen LogP contribution is 2.09. The van der Waals surface area contributed by atoms with Gasteiger partial charge in [0.1, 0.15) is 5.69 Å². The Balaban J connectivity index is 2.95. The van der Waals surface area contributed by atoms with Crippen LogP contribution in [0.5, 0.6) is 0 Å². The minimum atomic E-state index is -0.759. The summed E-state index contributed by atoms with van der Waals surface area (Å²) in [6.45, 7) is 7.44. The molecule has 2 N–H and O–H groups in total. The van der Waals surface area contributed by atoms with E-state index in [1.165, 1.54) is 16.8 Å². The monoisotopic (exact) mass is 267 g/mol. The highest BCUT2D eigenvalue weighted by atomic mass is 16.3. The molecule has 1 aromatic heterocycles.